The fourth-order valence-corrected chi connectivity index (χ4v) is 2.17. The summed E-state index contributed by atoms with van der Waals surface area (Å²) in [4.78, 5) is 6.24. The summed E-state index contributed by atoms with van der Waals surface area (Å²) < 4.78 is 0. The van der Waals surface area contributed by atoms with E-state index in [0.29, 0.717) is 0 Å². The van der Waals surface area contributed by atoms with E-state index in [1.165, 1.54) is 12.8 Å². The summed E-state index contributed by atoms with van der Waals surface area (Å²) in [7, 11) is 0. The fourth-order valence-electron chi connectivity index (χ4n) is 2.17. The van der Waals surface area contributed by atoms with Gasteiger partial charge in [-0.15, -0.1) is 0 Å². The van der Waals surface area contributed by atoms with Gasteiger partial charge in [-0.3, -0.25) is 4.98 Å². The molecule has 1 fully saturated rings. The van der Waals surface area contributed by atoms with Gasteiger partial charge in [0.15, 0.2) is 0 Å². The number of nitrogens with two attached hydrogens (primary N) is 1. The maximum absolute atomic E-state index is 10.1. The molecule has 4 nitrogen and oxygen atoms in total. The number of aliphatic hydroxyl groups excluding tert-OH is 1. The summed E-state index contributed by atoms with van der Waals surface area (Å²) in [6.45, 7) is 2.98. The van der Waals surface area contributed by atoms with Crippen LogP contribution in [0.15, 0.2) is 24.5 Å². The zero-order valence-electron chi connectivity index (χ0n) is 9.42. The van der Waals surface area contributed by atoms with E-state index < -0.39 is 6.10 Å². The van der Waals surface area contributed by atoms with Gasteiger partial charge in [0.2, 0.25) is 0 Å². The van der Waals surface area contributed by atoms with Crippen molar-refractivity contribution in [1.29, 1.82) is 0 Å². The summed E-state index contributed by atoms with van der Waals surface area (Å²) in [6, 6.07) is 3.41. The van der Waals surface area contributed by atoms with Gasteiger partial charge in [0.05, 0.1) is 6.10 Å². The van der Waals surface area contributed by atoms with E-state index in [4.69, 9.17) is 5.73 Å². The van der Waals surface area contributed by atoms with Crippen LogP contribution in [0.2, 0.25) is 0 Å². The molecule has 0 aliphatic carbocycles. The number of pyridine rings is 1. The van der Waals surface area contributed by atoms with Crippen LogP contribution in [0.3, 0.4) is 0 Å². The van der Waals surface area contributed by atoms with Crippen LogP contribution in [-0.2, 0) is 0 Å². The van der Waals surface area contributed by atoms with Gasteiger partial charge in [0, 0.05) is 25.0 Å². The number of rotatable bonds is 4. The molecule has 1 aromatic heterocycles. The molecule has 0 saturated carbocycles. The van der Waals surface area contributed by atoms with E-state index in [0.717, 1.165) is 25.2 Å². The molecule has 1 aliphatic heterocycles. The van der Waals surface area contributed by atoms with E-state index in [2.05, 4.69) is 9.88 Å². The Morgan fingerprint density at radius 3 is 2.56 bits per heavy atom. The van der Waals surface area contributed by atoms with Crippen LogP contribution in [-0.4, -0.2) is 40.7 Å². The largest absolute Gasteiger partial charge is 0.387 e. The minimum absolute atomic E-state index is 0.222. The van der Waals surface area contributed by atoms with Crippen molar-refractivity contribution in [2.45, 2.75) is 25.0 Å². The monoisotopic (exact) mass is 221 g/mol. The third-order valence-electron chi connectivity index (χ3n) is 3.12. The molecular weight excluding hydrogens is 202 g/mol. The van der Waals surface area contributed by atoms with Crippen LogP contribution in [0, 0.1) is 0 Å². The molecule has 1 aromatic rings. The predicted molar refractivity (Wildman–Crippen MR) is 62.8 cm³/mol. The molecule has 0 bridgehead atoms. The van der Waals surface area contributed by atoms with Gasteiger partial charge >= 0.3 is 0 Å². The molecule has 0 aromatic carbocycles. The van der Waals surface area contributed by atoms with Gasteiger partial charge in [-0.1, -0.05) is 0 Å². The first-order chi connectivity index (χ1) is 7.77. The maximum Gasteiger partial charge on any atom is 0.0954 e. The van der Waals surface area contributed by atoms with Crippen molar-refractivity contribution in [2.24, 2.45) is 5.73 Å². The zero-order valence-corrected chi connectivity index (χ0v) is 9.42. The second-order valence-electron chi connectivity index (χ2n) is 4.40. The van der Waals surface area contributed by atoms with Gasteiger partial charge in [0.1, 0.15) is 0 Å². The molecule has 2 rings (SSSR count). The molecule has 0 spiro atoms. The van der Waals surface area contributed by atoms with Crippen LogP contribution in [0.1, 0.15) is 24.5 Å². The average Bonchev–Trinajstić information content (AvgIpc) is 2.82. The Morgan fingerprint density at radius 1 is 1.31 bits per heavy atom. The highest BCUT2D eigenvalue weighted by Crippen LogP contribution is 2.16. The Balaban J connectivity index is 1.91. The standard InChI is InChI=1S/C12H19N3O/c13-11(9-15-7-1-2-8-15)12(16)10-3-5-14-6-4-10/h3-6,11-12,16H,1-2,7-9,13H2/t11-,12-/m0/s1. The van der Waals surface area contributed by atoms with Crippen molar-refractivity contribution in [3.05, 3.63) is 30.1 Å². The number of aliphatic hydroxyl groups is 1. The maximum atomic E-state index is 10.1. The topological polar surface area (TPSA) is 62.4 Å². The lowest BCUT2D eigenvalue weighted by Gasteiger charge is -2.24. The average molecular weight is 221 g/mol. The third-order valence-corrected chi connectivity index (χ3v) is 3.12. The number of aromatic nitrogens is 1. The van der Waals surface area contributed by atoms with Crippen molar-refractivity contribution in [2.75, 3.05) is 19.6 Å². The molecule has 4 heteroatoms. The third kappa shape index (κ3) is 2.78. The Bertz CT molecular complexity index is 311. The summed E-state index contributed by atoms with van der Waals surface area (Å²) >= 11 is 0. The molecule has 1 aliphatic rings. The van der Waals surface area contributed by atoms with E-state index in [1.807, 2.05) is 12.1 Å². The molecule has 2 heterocycles. The first-order valence-corrected chi connectivity index (χ1v) is 5.83. The van der Waals surface area contributed by atoms with Crippen molar-refractivity contribution < 1.29 is 5.11 Å². The Kier molecular flexibility index (Phi) is 3.88. The molecule has 88 valence electrons. The van der Waals surface area contributed by atoms with Crippen LogP contribution in [0.25, 0.3) is 0 Å². The van der Waals surface area contributed by atoms with E-state index >= 15 is 0 Å². The van der Waals surface area contributed by atoms with Crippen molar-refractivity contribution in [3.63, 3.8) is 0 Å². The van der Waals surface area contributed by atoms with Gasteiger partial charge in [-0.25, -0.2) is 0 Å². The van der Waals surface area contributed by atoms with E-state index in [-0.39, 0.29) is 6.04 Å². The molecule has 16 heavy (non-hydrogen) atoms. The summed E-state index contributed by atoms with van der Waals surface area (Å²) in [6.07, 6.45) is 5.27. The van der Waals surface area contributed by atoms with Crippen LogP contribution in [0.4, 0.5) is 0 Å². The lowest BCUT2D eigenvalue weighted by Crippen LogP contribution is -2.40. The molecule has 0 unspecified atom stereocenters. The lowest BCUT2D eigenvalue weighted by molar-refractivity contribution is 0.125. The summed E-state index contributed by atoms with van der Waals surface area (Å²) in [5.41, 5.74) is 6.87. The number of hydrogen-bond acceptors (Lipinski definition) is 4. The minimum atomic E-state index is -0.594. The highest BCUT2D eigenvalue weighted by Gasteiger charge is 2.21. The Hall–Kier alpha value is -0.970. The normalized spacial score (nSPS) is 20.9. The van der Waals surface area contributed by atoms with Crippen molar-refractivity contribution in [1.82, 2.24) is 9.88 Å². The lowest BCUT2D eigenvalue weighted by atomic mass is 10.0. The molecule has 0 amide bonds. The molecule has 1 saturated heterocycles. The summed E-state index contributed by atoms with van der Waals surface area (Å²) in [5, 5.41) is 10.1. The quantitative estimate of drug-likeness (QED) is 0.779. The van der Waals surface area contributed by atoms with Gasteiger partial charge in [0.25, 0.3) is 0 Å². The van der Waals surface area contributed by atoms with Crippen molar-refractivity contribution in [3.8, 4) is 0 Å². The first kappa shape index (κ1) is 11.5. The van der Waals surface area contributed by atoms with E-state index in [1.54, 1.807) is 12.4 Å². The molecular formula is C12H19N3O. The second-order valence-corrected chi connectivity index (χ2v) is 4.40. The van der Waals surface area contributed by atoms with Crippen LogP contribution >= 0.6 is 0 Å². The number of likely N-dealkylation sites (tertiary alicyclic amines) is 1. The summed E-state index contributed by atoms with van der Waals surface area (Å²) in [5.74, 6) is 0. The van der Waals surface area contributed by atoms with E-state index in [9.17, 15) is 5.11 Å². The fraction of sp³-hybridized carbons (Fsp3) is 0.583. The molecule has 3 N–H and O–H groups in total. The number of hydrogen-bond donors (Lipinski definition) is 2. The molecule has 0 radical (unpaired) electrons. The Morgan fingerprint density at radius 2 is 1.94 bits per heavy atom. The first-order valence-electron chi connectivity index (χ1n) is 5.83. The number of nitrogens with zero attached hydrogens (tertiary/aromatic N) is 2. The highest BCUT2D eigenvalue weighted by molar-refractivity contribution is 5.15. The van der Waals surface area contributed by atoms with Crippen LogP contribution < -0.4 is 5.73 Å². The van der Waals surface area contributed by atoms with Gasteiger partial charge in [-0.05, 0) is 43.6 Å². The molecule has 2 atom stereocenters. The van der Waals surface area contributed by atoms with Crippen molar-refractivity contribution >= 4 is 0 Å². The van der Waals surface area contributed by atoms with Gasteiger partial charge < -0.3 is 15.7 Å². The minimum Gasteiger partial charge on any atom is -0.387 e. The smallest absolute Gasteiger partial charge is 0.0954 e. The van der Waals surface area contributed by atoms with Crippen LogP contribution in [0.5, 0.6) is 0 Å². The highest BCUT2D eigenvalue weighted by atomic mass is 16.3. The van der Waals surface area contributed by atoms with Gasteiger partial charge in [-0.2, -0.15) is 0 Å². The predicted octanol–water partition coefficient (Wildman–Crippen LogP) is 0.538. The second kappa shape index (κ2) is 5.39. The Labute approximate surface area is 96.1 Å². The zero-order chi connectivity index (χ0) is 11.4. The SMILES string of the molecule is N[C@@H](CN1CCCC1)[C@@H](O)c1ccncc1.